The van der Waals surface area contributed by atoms with Gasteiger partial charge in [-0.15, -0.1) is 0 Å². The number of rotatable bonds is 5. The van der Waals surface area contributed by atoms with Crippen molar-refractivity contribution in [3.63, 3.8) is 0 Å². The summed E-state index contributed by atoms with van der Waals surface area (Å²) >= 11 is 0. The first-order valence-corrected chi connectivity index (χ1v) is 7.06. The van der Waals surface area contributed by atoms with Gasteiger partial charge in [0.1, 0.15) is 0 Å². The van der Waals surface area contributed by atoms with Gasteiger partial charge >= 0.3 is 0 Å². The molecule has 19 heavy (non-hydrogen) atoms. The first-order valence-electron chi connectivity index (χ1n) is 7.06. The molecular weight excluding hydrogens is 240 g/mol. The zero-order valence-corrected chi connectivity index (χ0v) is 11.5. The molecule has 104 valence electrons. The van der Waals surface area contributed by atoms with Gasteiger partial charge < -0.3 is 20.1 Å². The SMILES string of the molecule is CN(CC1CCC1)CC(N)c1ccc2c(c1)OCO2. The molecule has 1 aliphatic carbocycles. The van der Waals surface area contributed by atoms with Crippen molar-refractivity contribution >= 4 is 0 Å². The van der Waals surface area contributed by atoms with E-state index in [1.54, 1.807) is 0 Å². The summed E-state index contributed by atoms with van der Waals surface area (Å²) in [6.45, 7) is 2.37. The lowest BCUT2D eigenvalue weighted by atomic mass is 9.85. The lowest BCUT2D eigenvalue weighted by Gasteiger charge is -2.31. The summed E-state index contributed by atoms with van der Waals surface area (Å²) in [5, 5.41) is 0. The molecule has 3 rings (SSSR count). The Bertz CT molecular complexity index is 446. The largest absolute Gasteiger partial charge is 0.454 e. The second-order valence-corrected chi connectivity index (χ2v) is 5.74. The number of hydrogen-bond acceptors (Lipinski definition) is 4. The molecule has 0 radical (unpaired) electrons. The van der Waals surface area contributed by atoms with Gasteiger partial charge in [-0.25, -0.2) is 0 Å². The third kappa shape index (κ3) is 2.85. The molecule has 0 amide bonds. The van der Waals surface area contributed by atoms with E-state index in [1.165, 1.54) is 19.3 Å². The number of benzene rings is 1. The van der Waals surface area contributed by atoms with E-state index in [2.05, 4.69) is 11.9 Å². The Morgan fingerprint density at radius 2 is 2.11 bits per heavy atom. The molecule has 0 saturated heterocycles. The van der Waals surface area contributed by atoms with Crippen molar-refractivity contribution in [2.24, 2.45) is 11.7 Å². The van der Waals surface area contributed by atoms with Crippen LogP contribution in [0.15, 0.2) is 18.2 Å². The van der Waals surface area contributed by atoms with Gasteiger partial charge in [-0.1, -0.05) is 12.5 Å². The van der Waals surface area contributed by atoms with E-state index in [4.69, 9.17) is 15.2 Å². The zero-order valence-electron chi connectivity index (χ0n) is 11.5. The van der Waals surface area contributed by atoms with Crippen molar-refractivity contribution in [3.8, 4) is 11.5 Å². The van der Waals surface area contributed by atoms with Crippen LogP contribution in [0, 0.1) is 5.92 Å². The van der Waals surface area contributed by atoms with Crippen LogP contribution in [-0.4, -0.2) is 31.8 Å². The highest BCUT2D eigenvalue weighted by Crippen LogP contribution is 2.34. The molecule has 2 N–H and O–H groups in total. The van der Waals surface area contributed by atoms with Crippen molar-refractivity contribution in [1.82, 2.24) is 4.90 Å². The topological polar surface area (TPSA) is 47.7 Å². The van der Waals surface area contributed by atoms with Crippen LogP contribution >= 0.6 is 0 Å². The Balaban J connectivity index is 1.58. The molecule has 4 nitrogen and oxygen atoms in total. The predicted molar refractivity (Wildman–Crippen MR) is 74.3 cm³/mol. The van der Waals surface area contributed by atoms with Crippen LogP contribution in [-0.2, 0) is 0 Å². The van der Waals surface area contributed by atoms with Crippen molar-refractivity contribution in [2.45, 2.75) is 25.3 Å². The first kappa shape index (κ1) is 12.8. The predicted octanol–water partition coefficient (Wildman–Crippen LogP) is 2.15. The Morgan fingerprint density at radius 3 is 2.84 bits per heavy atom. The molecule has 4 heteroatoms. The van der Waals surface area contributed by atoms with Gasteiger partial charge in [0.2, 0.25) is 6.79 Å². The summed E-state index contributed by atoms with van der Waals surface area (Å²) < 4.78 is 10.7. The third-order valence-corrected chi connectivity index (χ3v) is 4.13. The minimum absolute atomic E-state index is 0.0274. The normalized spacial score (nSPS) is 19.5. The second kappa shape index (κ2) is 5.39. The van der Waals surface area contributed by atoms with E-state index in [9.17, 15) is 0 Å². The van der Waals surface area contributed by atoms with Crippen LogP contribution in [0.3, 0.4) is 0 Å². The van der Waals surface area contributed by atoms with Crippen molar-refractivity contribution < 1.29 is 9.47 Å². The van der Waals surface area contributed by atoms with Crippen molar-refractivity contribution in [3.05, 3.63) is 23.8 Å². The number of likely N-dealkylation sites (N-methyl/N-ethyl adjacent to an activating group) is 1. The van der Waals surface area contributed by atoms with Crippen molar-refractivity contribution in [2.75, 3.05) is 26.9 Å². The zero-order chi connectivity index (χ0) is 13.2. The quantitative estimate of drug-likeness (QED) is 0.883. The summed E-state index contributed by atoms with van der Waals surface area (Å²) in [6, 6.07) is 6.02. The summed E-state index contributed by atoms with van der Waals surface area (Å²) in [5.74, 6) is 2.52. The molecule has 1 atom stereocenters. The third-order valence-electron chi connectivity index (χ3n) is 4.13. The van der Waals surface area contributed by atoms with Gasteiger partial charge in [-0.05, 0) is 43.5 Å². The van der Waals surface area contributed by atoms with E-state index in [1.807, 2.05) is 18.2 Å². The summed E-state index contributed by atoms with van der Waals surface area (Å²) in [7, 11) is 2.16. The fourth-order valence-corrected chi connectivity index (χ4v) is 2.78. The van der Waals surface area contributed by atoms with E-state index in [-0.39, 0.29) is 6.04 Å². The molecule has 1 saturated carbocycles. The summed E-state index contributed by atoms with van der Waals surface area (Å²) in [6.07, 6.45) is 4.15. The summed E-state index contributed by atoms with van der Waals surface area (Å²) in [5.41, 5.74) is 7.40. The highest BCUT2D eigenvalue weighted by atomic mass is 16.7. The maximum absolute atomic E-state index is 6.29. The van der Waals surface area contributed by atoms with Crippen LogP contribution in [0.2, 0.25) is 0 Å². The van der Waals surface area contributed by atoms with E-state index in [0.717, 1.165) is 36.1 Å². The molecule has 1 heterocycles. The van der Waals surface area contributed by atoms with Crippen LogP contribution < -0.4 is 15.2 Å². The fourth-order valence-electron chi connectivity index (χ4n) is 2.78. The second-order valence-electron chi connectivity index (χ2n) is 5.74. The van der Waals surface area contributed by atoms with Crippen LogP contribution in [0.4, 0.5) is 0 Å². The molecule has 0 spiro atoms. The minimum Gasteiger partial charge on any atom is -0.454 e. The Kier molecular flexibility index (Phi) is 3.62. The highest BCUT2D eigenvalue weighted by molar-refractivity contribution is 5.45. The van der Waals surface area contributed by atoms with Gasteiger partial charge in [0.15, 0.2) is 11.5 Å². The monoisotopic (exact) mass is 262 g/mol. The Hall–Kier alpha value is -1.26. The lowest BCUT2D eigenvalue weighted by molar-refractivity contribution is 0.174. The van der Waals surface area contributed by atoms with Gasteiger partial charge in [-0.3, -0.25) is 0 Å². The van der Waals surface area contributed by atoms with Crippen LogP contribution in [0.25, 0.3) is 0 Å². The number of nitrogens with two attached hydrogens (primary N) is 1. The van der Waals surface area contributed by atoms with Gasteiger partial charge in [0.05, 0.1) is 0 Å². The van der Waals surface area contributed by atoms with E-state index >= 15 is 0 Å². The highest BCUT2D eigenvalue weighted by Gasteiger charge is 2.21. The Morgan fingerprint density at radius 1 is 1.32 bits per heavy atom. The standard InChI is InChI=1S/C15H22N2O2/c1-17(8-11-3-2-4-11)9-13(16)12-5-6-14-15(7-12)19-10-18-14/h5-7,11,13H,2-4,8-10,16H2,1H3. The maximum atomic E-state index is 6.29. The number of fused-ring (bicyclic) bond motifs is 1. The molecule has 1 aliphatic heterocycles. The van der Waals surface area contributed by atoms with Gasteiger partial charge in [0.25, 0.3) is 0 Å². The molecule has 0 bridgehead atoms. The molecule has 1 unspecified atom stereocenters. The fraction of sp³-hybridized carbons (Fsp3) is 0.600. The van der Waals surface area contributed by atoms with Crippen LogP contribution in [0.1, 0.15) is 30.9 Å². The molecule has 2 aliphatic rings. The number of ether oxygens (including phenoxy) is 2. The van der Waals surface area contributed by atoms with Crippen LogP contribution in [0.5, 0.6) is 11.5 Å². The molecule has 1 aromatic rings. The lowest BCUT2D eigenvalue weighted by Crippen LogP contribution is -2.34. The summed E-state index contributed by atoms with van der Waals surface area (Å²) in [4.78, 5) is 2.35. The smallest absolute Gasteiger partial charge is 0.231 e. The molecule has 0 aromatic heterocycles. The molecule has 1 fully saturated rings. The van der Waals surface area contributed by atoms with E-state index in [0.29, 0.717) is 6.79 Å². The van der Waals surface area contributed by atoms with Gasteiger partial charge in [0, 0.05) is 19.1 Å². The van der Waals surface area contributed by atoms with Gasteiger partial charge in [-0.2, -0.15) is 0 Å². The average molecular weight is 262 g/mol. The molecular formula is C15H22N2O2. The Labute approximate surface area is 114 Å². The average Bonchev–Trinajstić information content (AvgIpc) is 2.80. The van der Waals surface area contributed by atoms with E-state index < -0.39 is 0 Å². The number of nitrogens with zero attached hydrogens (tertiary/aromatic N) is 1. The maximum Gasteiger partial charge on any atom is 0.231 e. The number of hydrogen-bond donors (Lipinski definition) is 1. The minimum atomic E-state index is 0.0274. The molecule has 1 aromatic carbocycles. The van der Waals surface area contributed by atoms with Crippen molar-refractivity contribution in [1.29, 1.82) is 0 Å². The first-order chi connectivity index (χ1) is 9.22.